The number of nitrogens with zero attached hydrogens (tertiary/aromatic N) is 2. The lowest BCUT2D eigenvalue weighted by atomic mass is 9.93. The fraction of sp³-hybridized carbons (Fsp3) is 0.636. The molecule has 2 saturated heterocycles. The maximum atomic E-state index is 12.6. The van der Waals surface area contributed by atoms with E-state index in [4.69, 9.17) is 0 Å². The molecule has 3 rings (SSSR count). The smallest absolute Gasteiger partial charge is 0.236 e. The van der Waals surface area contributed by atoms with Gasteiger partial charge in [0.1, 0.15) is 0 Å². The number of nitrogens with one attached hydrogen (secondary N) is 2. The Hall–Kier alpha value is -1.92. The molecule has 0 radical (unpaired) electrons. The zero-order valence-electron chi connectivity index (χ0n) is 17.0. The molecule has 2 heterocycles. The average molecular weight is 387 g/mol. The van der Waals surface area contributed by atoms with Crippen molar-refractivity contribution in [2.75, 3.05) is 46.3 Å². The topological polar surface area (TPSA) is 64.7 Å². The third-order valence-electron chi connectivity index (χ3n) is 6.04. The van der Waals surface area contributed by atoms with Crippen LogP contribution < -0.4 is 10.6 Å². The van der Waals surface area contributed by atoms with Crippen LogP contribution in [0.15, 0.2) is 30.3 Å². The molecule has 0 aromatic heterocycles. The van der Waals surface area contributed by atoms with E-state index < -0.39 is 0 Å². The van der Waals surface area contributed by atoms with Crippen molar-refractivity contribution in [1.29, 1.82) is 0 Å². The minimum Gasteiger partial charge on any atom is -0.355 e. The third-order valence-corrected chi connectivity index (χ3v) is 6.04. The number of carbonyl (C=O) groups excluding carboxylic acids is 2. The van der Waals surface area contributed by atoms with Gasteiger partial charge < -0.3 is 15.5 Å². The number of benzene rings is 1. The molecule has 2 aliphatic rings. The van der Waals surface area contributed by atoms with Gasteiger partial charge in [0, 0.05) is 32.2 Å². The zero-order valence-corrected chi connectivity index (χ0v) is 17.0. The summed E-state index contributed by atoms with van der Waals surface area (Å²) in [6, 6.07) is 10.8. The second-order valence-electron chi connectivity index (χ2n) is 8.00. The Morgan fingerprint density at radius 1 is 1.07 bits per heavy atom. The largest absolute Gasteiger partial charge is 0.355 e. The molecule has 2 aliphatic heterocycles. The Kier molecular flexibility index (Phi) is 7.86. The van der Waals surface area contributed by atoms with Crippen molar-refractivity contribution < 1.29 is 9.59 Å². The fourth-order valence-electron chi connectivity index (χ4n) is 4.41. The summed E-state index contributed by atoms with van der Waals surface area (Å²) in [5.74, 6) is 0.478. The number of piperidine rings is 2. The summed E-state index contributed by atoms with van der Waals surface area (Å²) >= 11 is 0. The first-order chi connectivity index (χ1) is 13.7. The first-order valence-electron chi connectivity index (χ1n) is 10.7. The van der Waals surface area contributed by atoms with Gasteiger partial charge in [-0.25, -0.2) is 0 Å². The van der Waals surface area contributed by atoms with Crippen LogP contribution in [0.5, 0.6) is 0 Å². The zero-order chi connectivity index (χ0) is 19.8. The minimum atomic E-state index is 0.0912. The molecule has 6 nitrogen and oxygen atoms in total. The second-order valence-corrected chi connectivity index (χ2v) is 8.00. The Morgan fingerprint density at radius 2 is 1.82 bits per heavy atom. The Balaban J connectivity index is 1.41. The summed E-state index contributed by atoms with van der Waals surface area (Å²) in [6.07, 6.45) is 4.96. The lowest BCUT2D eigenvalue weighted by molar-refractivity contribution is -0.131. The number of rotatable bonds is 7. The van der Waals surface area contributed by atoms with Crippen molar-refractivity contribution in [3.8, 4) is 0 Å². The standard InChI is InChI=1S/C22H34N4O2/c1-23-16-21(27)25-14-10-20(11-15-25)26-13-5-8-19(17-26)22(28)24-12-9-18-6-3-2-4-7-18/h2-4,6-7,19-20,23H,5,8-17H2,1H3,(H,24,28). The second kappa shape index (κ2) is 10.6. The van der Waals surface area contributed by atoms with E-state index in [2.05, 4.69) is 27.7 Å². The summed E-state index contributed by atoms with van der Waals surface area (Å²) in [5, 5.41) is 6.07. The fourth-order valence-corrected chi connectivity index (χ4v) is 4.41. The Morgan fingerprint density at radius 3 is 2.54 bits per heavy atom. The maximum Gasteiger partial charge on any atom is 0.236 e. The molecule has 6 heteroatoms. The van der Waals surface area contributed by atoms with Crippen LogP contribution in [0.1, 0.15) is 31.2 Å². The lowest BCUT2D eigenvalue weighted by Crippen LogP contribution is -2.52. The van der Waals surface area contributed by atoms with Crippen molar-refractivity contribution in [3.63, 3.8) is 0 Å². The van der Waals surface area contributed by atoms with Crippen molar-refractivity contribution in [2.24, 2.45) is 5.92 Å². The number of hydrogen-bond acceptors (Lipinski definition) is 4. The van der Waals surface area contributed by atoms with Crippen LogP contribution >= 0.6 is 0 Å². The number of amides is 2. The lowest BCUT2D eigenvalue weighted by Gasteiger charge is -2.42. The van der Waals surface area contributed by atoms with E-state index in [0.29, 0.717) is 19.1 Å². The van der Waals surface area contributed by atoms with Crippen LogP contribution in [-0.2, 0) is 16.0 Å². The van der Waals surface area contributed by atoms with E-state index in [1.165, 1.54) is 5.56 Å². The summed E-state index contributed by atoms with van der Waals surface area (Å²) in [6.45, 7) is 4.70. The van der Waals surface area contributed by atoms with E-state index >= 15 is 0 Å². The van der Waals surface area contributed by atoms with E-state index in [9.17, 15) is 9.59 Å². The van der Waals surface area contributed by atoms with Crippen molar-refractivity contribution >= 4 is 11.8 Å². The number of hydrogen-bond donors (Lipinski definition) is 2. The molecule has 2 fully saturated rings. The van der Waals surface area contributed by atoms with Crippen LogP contribution in [0.3, 0.4) is 0 Å². The molecular formula is C22H34N4O2. The minimum absolute atomic E-state index is 0.0912. The van der Waals surface area contributed by atoms with Crippen molar-refractivity contribution in [2.45, 2.75) is 38.1 Å². The number of likely N-dealkylation sites (N-methyl/N-ethyl adjacent to an activating group) is 1. The van der Waals surface area contributed by atoms with Crippen LogP contribution in [0.2, 0.25) is 0 Å². The summed E-state index contributed by atoms with van der Waals surface area (Å²) in [5.41, 5.74) is 1.26. The summed E-state index contributed by atoms with van der Waals surface area (Å²) in [7, 11) is 1.81. The molecule has 1 aromatic rings. The SMILES string of the molecule is CNCC(=O)N1CCC(N2CCCC(C(=O)NCCc3ccccc3)C2)CC1. The molecule has 28 heavy (non-hydrogen) atoms. The van der Waals surface area contributed by atoms with Crippen molar-refractivity contribution in [3.05, 3.63) is 35.9 Å². The van der Waals surface area contributed by atoms with E-state index in [0.717, 1.165) is 58.3 Å². The Bertz CT molecular complexity index is 629. The van der Waals surface area contributed by atoms with E-state index in [-0.39, 0.29) is 17.7 Å². The molecule has 0 bridgehead atoms. The third kappa shape index (κ3) is 5.79. The van der Waals surface area contributed by atoms with Crippen LogP contribution in [0, 0.1) is 5.92 Å². The molecule has 2 amide bonds. The van der Waals surface area contributed by atoms with E-state index in [1.807, 2.05) is 30.1 Å². The molecule has 0 saturated carbocycles. The highest BCUT2D eigenvalue weighted by Gasteiger charge is 2.32. The van der Waals surface area contributed by atoms with Gasteiger partial charge in [-0.05, 0) is 51.3 Å². The first-order valence-corrected chi connectivity index (χ1v) is 10.7. The average Bonchev–Trinajstić information content (AvgIpc) is 2.75. The normalized spacial score (nSPS) is 21.5. The van der Waals surface area contributed by atoms with Gasteiger partial charge in [0.05, 0.1) is 12.5 Å². The predicted octanol–water partition coefficient (Wildman–Crippen LogP) is 1.27. The molecule has 0 aliphatic carbocycles. The van der Waals surface area contributed by atoms with Gasteiger partial charge in [0.15, 0.2) is 0 Å². The highest BCUT2D eigenvalue weighted by atomic mass is 16.2. The van der Waals surface area contributed by atoms with Crippen LogP contribution in [0.4, 0.5) is 0 Å². The van der Waals surface area contributed by atoms with Gasteiger partial charge >= 0.3 is 0 Å². The molecule has 1 atom stereocenters. The van der Waals surface area contributed by atoms with Gasteiger partial charge in [-0.2, -0.15) is 0 Å². The van der Waals surface area contributed by atoms with Gasteiger partial charge in [0.25, 0.3) is 0 Å². The highest BCUT2D eigenvalue weighted by molar-refractivity contribution is 5.79. The highest BCUT2D eigenvalue weighted by Crippen LogP contribution is 2.24. The molecule has 2 N–H and O–H groups in total. The first kappa shape index (κ1) is 20.8. The summed E-state index contributed by atoms with van der Waals surface area (Å²) in [4.78, 5) is 29.1. The Labute approximate surface area is 168 Å². The quantitative estimate of drug-likeness (QED) is 0.741. The molecule has 1 unspecified atom stereocenters. The maximum absolute atomic E-state index is 12.6. The molecule has 0 spiro atoms. The van der Waals surface area contributed by atoms with Gasteiger partial charge in [-0.1, -0.05) is 30.3 Å². The van der Waals surface area contributed by atoms with Crippen LogP contribution in [-0.4, -0.2) is 74.0 Å². The van der Waals surface area contributed by atoms with Gasteiger partial charge in [0.2, 0.25) is 11.8 Å². The molecule has 154 valence electrons. The monoisotopic (exact) mass is 386 g/mol. The molecule has 1 aromatic carbocycles. The van der Waals surface area contributed by atoms with Gasteiger partial charge in [-0.3, -0.25) is 14.5 Å². The predicted molar refractivity (Wildman–Crippen MR) is 111 cm³/mol. The molecular weight excluding hydrogens is 352 g/mol. The van der Waals surface area contributed by atoms with E-state index in [1.54, 1.807) is 0 Å². The number of likely N-dealkylation sites (tertiary alicyclic amines) is 2. The van der Waals surface area contributed by atoms with Gasteiger partial charge in [-0.15, -0.1) is 0 Å². The van der Waals surface area contributed by atoms with Crippen LogP contribution in [0.25, 0.3) is 0 Å². The summed E-state index contributed by atoms with van der Waals surface area (Å²) < 4.78 is 0. The van der Waals surface area contributed by atoms with Crippen molar-refractivity contribution in [1.82, 2.24) is 20.4 Å². The number of carbonyl (C=O) groups is 2.